The van der Waals surface area contributed by atoms with Gasteiger partial charge in [0.1, 0.15) is 5.78 Å². The van der Waals surface area contributed by atoms with E-state index < -0.39 is 0 Å². The van der Waals surface area contributed by atoms with Crippen LogP contribution in [0.5, 0.6) is 0 Å². The SMILES string of the molecule is CCC(CCC(=O)CC(C)S)(COCCC(C)S)COC(=O)CC(C)S. The minimum atomic E-state index is -0.342. The van der Waals surface area contributed by atoms with Gasteiger partial charge in [-0.25, -0.2) is 0 Å². The third-order valence-electron chi connectivity index (χ3n) is 4.30. The quantitative estimate of drug-likeness (QED) is 0.207. The van der Waals surface area contributed by atoms with Crippen molar-refractivity contribution in [1.29, 1.82) is 0 Å². The predicted molar refractivity (Wildman–Crippen MR) is 118 cm³/mol. The molecule has 0 aromatic heterocycles. The molecule has 0 heterocycles. The van der Waals surface area contributed by atoms with E-state index in [2.05, 4.69) is 37.9 Å². The number of esters is 1. The minimum absolute atomic E-state index is 0.0369. The highest BCUT2D eigenvalue weighted by Crippen LogP contribution is 2.30. The topological polar surface area (TPSA) is 52.6 Å². The molecule has 0 saturated heterocycles. The Balaban J connectivity index is 4.78. The smallest absolute Gasteiger partial charge is 0.306 e. The van der Waals surface area contributed by atoms with Crippen LogP contribution in [0.15, 0.2) is 0 Å². The molecule has 4 atom stereocenters. The first kappa shape index (κ1) is 26.1. The number of rotatable bonds is 15. The van der Waals surface area contributed by atoms with Crippen molar-refractivity contribution in [2.24, 2.45) is 5.41 Å². The van der Waals surface area contributed by atoms with Crippen molar-refractivity contribution in [1.82, 2.24) is 0 Å². The molecule has 0 aromatic carbocycles. The van der Waals surface area contributed by atoms with Gasteiger partial charge in [0.15, 0.2) is 0 Å². The van der Waals surface area contributed by atoms with Gasteiger partial charge in [0.25, 0.3) is 0 Å². The molecule has 0 N–H and O–H groups in total. The van der Waals surface area contributed by atoms with Crippen molar-refractivity contribution in [3.05, 3.63) is 0 Å². The fourth-order valence-electron chi connectivity index (χ4n) is 2.48. The molecular weight excluding hydrogens is 388 g/mol. The summed E-state index contributed by atoms with van der Waals surface area (Å²) in [6.07, 6.45) is 3.45. The number of hydrogen-bond acceptors (Lipinski definition) is 7. The Bertz CT molecular complexity index is 386. The average Bonchev–Trinajstić information content (AvgIpc) is 2.52. The van der Waals surface area contributed by atoms with Crippen LogP contribution in [0.25, 0.3) is 0 Å². The minimum Gasteiger partial charge on any atom is -0.465 e. The van der Waals surface area contributed by atoms with E-state index in [1.165, 1.54) is 0 Å². The second kappa shape index (κ2) is 14.2. The van der Waals surface area contributed by atoms with Crippen molar-refractivity contribution in [3.8, 4) is 0 Å². The first-order valence-electron chi connectivity index (χ1n) is 9.39. The summed E-state index contributed by atoms with van der Waals surface area (Å²) < 4.78 is 11.3. The molecule has 26 heavy (non-hydrogen) atoms. The number of ether oxygens (including phenoxy) is 2. The molecule has 0 aliphatic carbocycles. The van der Waals surface area contributed by atoms with Gasteiger partial charge in [-0.3, -0.25) is 9.59 Å². The molecule has 154 valence electrons. The third-order valence-corrected chi connectivity index (χ3v) is 4.92. The number of ketones is 1. The lowest BCUT2D eigenvalue weighted by Crippen LogP contribution is -2.34. The lowest BCUT2D eigenvalue weighted by atomic mass is 9.81. The molecular formula is C19H36O4S3. The standard InChI is InChI=1S/C19H36O4S3/c1-5-19(12-22-9-7-14(2)24,8-6-17(20)10-15(3)25)13-23-18(21)11-16(4)26/h14-16,24-26H,5-13H2,1-4H3. The zero-order valence-electron chi connectivity index (χ0n) is 16.6. The van der Waals surface area contributed by atoms with Crippen LogP contribution in [-0.2, 0) is 19.1 Å². The number of carbonyl (C=O) groups is 2. The van der Waals surface area contributed by atoms with E-state index in [4.69, 9.17) is 9.47 Å². The molecule has 0 rings (SSSR count). The van der Waals surface area contributed by atoms with Crippen LogP contribution in [0.1, 0.15) is 66.2 Å². The predicted octanol–water partition coefficient (Wildman–Crippen LogP) is 4.42. The maximum Gasteiger partial charge on any atom is 0.306 e. The van der Waals surface area contributed by atoms with Crippen LogP contribution in [0.2, 0.25) is 0 Å². The summed E-state index contributed by atoms with van der Waals surface area (Å²) in [6.45, 7) is 9.19. The fraction of sp³-hybridized carbons (Fsp3) is 0.895. The van der Waals surface area contributed by atoms with Crippen LogP contribution in [0, 0.1) is 5.41 Å². The Labute approximate surface area is 175 Å². The Kier molecular flexibility index (Phi) is 14.3. The van der Waals surface area contributed by atoms with E-state index in [-0.39, 0.29) is 45.9 Å². The Morgan fingerprint density at radius 3 is 2.08 bits per heavy atom. The number of thiol groups is 3. The third kappa shape index (κ3) is 13.3. The van der Waals surface area contributed by atoms with Gasteiger partial charge in [0.05, 0.1) is 19.6 Å². The van der Waals surface area contributed by atoms with Gasteiger partial charge < -0.3 is 9.47 Å². The molecule has 0 aromatic rings. The van der Waals surface area contributed by atoms with E-state index >= 15 is 0 Å². The highest BCUT2D eigenvalue weighted by molar-refractivity contribution is 7.81. The molecule has 0 spiro atoms. The number of hydrogen-bond donors (Lipinski definition) is 3. The Morgan fingerprint density at radius 1 is 0.962 bits per heavy atom. The van der Waals surface area contributed by atoms with Crippen molar-refractivity contribution in [2.45, 2.75) is 82.0 Å². The lowest BCUT2D eigenvalue weighted by Gasteiger charge is -2.32. The molecule has 0 bridgehead atoms. The Hall–Kier alpha value is 0.150. The summed E-state index contributed by atoms with van der Waals surface area (Å²) >= 11 is 12.9. The molecule has 4 nitrogen and oxygen atoms in total. The fourth-order valence-corrected chi connectivity index (χ4v) is 2.94. The summed E-state index contributed by atoms with van der Waals surface area (Å²) in [5.41, 5.74) is -0.342. The van der Waals surface area contributed by atoms with Gasteiger partial charge in [0, 0.05) is 40.6 Å². The second-order valence-corrected chi connectivity index (χ2v) is 9.99. The summed E-state index contributed by atoms with van der Waals surface area (Å²) in [5.74, 6) is -0.0748. The number of carbonyl (C=O) groups excluding carboxylic acids is 2. The van der Waals surface area contributed by atoms with Gasteiger partial charge in [-0.15, -0.1) is 0 Å². The van der Waals surface area contributed by atoms with E-state index in [0.29, 0.717) is 32.5 Å². The molecule has 4 unspecified atom stereocenters. The zero-order valence-corrected chi connectivity index (χ0v) is 19.3. The van der Waals surface area contributed by atoms with Crippen molar-refractivity contribution in [2.75, 3.05) is 19.8 Å². The van der Waals surface area contributed by atoms with Crippen LogP contribution in [0.4, 0.5) is 0 Å². The number of Topliss-reactive ketones (excluding diaryl/α,β-unsaturated/α-hetero) is 1. The summed E-state index contributed by atoms with van der Waals surface area (Å²) in [7, 11) is 0. The maximum atomic E-state index is 12.1. The first-order chi connectivity index (χ1) is 12.1. The summed E-state index contributed by atoms with van der Waals surface area (Å²) in [5, 5.41) is 0.297. The molecule has 0 fully saturated rings. The van der Waals surface area contributed by atoms with E-state index in [1.54, 1.807) is 0 Å². The Morgan fingerprint density at radius 2 is 1.58 bits per heavy atom. The second-order valence-electron chi connectivity index (χ2n) is 7.35. The first-order valence-corrected chi connectivity index (χ1v) is 10.9. The molecule has 0 saturated carbocycles. The normalized spacial score (nSPS) is 17.2. The van der Waals surface area contributed by atoms with E-state index in [1.807, 2.05) is 27.7 Å². The van der Waals surface area contributed by atoms with E-state index in [0.717, 1.165) is 12.8 Å². The lowest BCUT2D eigenvalue weighted by molar-refractivity contribution is -0.149. The average molecular weight is 425 g/mol. The van der Waals surface area contributed by atoms with Crippen molar-refractivity contribution < 1.29 is 19.1 Å². The van der Waals surface area contributed by atoms with Crippen LogP contribution < -0.4 is 0 Å². The van der Waals surface area contributed by atoms with Gasteiger partial charge in [-0.1, -0.05) is 27.7 Å². The summed E-state index contributed by atoms with van der Waals surface area (Å²) in [4.78, 5) is 24.0. The van der Waals surface area contributed by atoms with Gasteiger partial charge in [-0.2, -0.15) is 37.9 Å². The molecule has 0 radical (unpaired) electrons. The highest BCUT2D eigenvalue weighted by Gasteiger charge is 2.31. The van der Waals surface area contributed by atoms with Crippen molar-refractivity contribution >= 4 is 49.6 Å². The highest BCUT2D eigenvalue weighted by atomic mass is 32.1. The monoisotopic (exact) mass is 424 g/mol. The molecule has 0 amide bonds. The van der Waals surface area contributed by atoms with Crippen LogP contribution in [0.3, 0.4) is 0 Å². The largest absolute Gasteiger partial charge is 0.465 e. The maximum absolute atomic E-state index is 12.1. The molecule has 0 aliphatic rings. The molecule has 0 aliphatic heterocycles. The van der Waals surface area contributed by atoms with Gasteiger partial charge >= 0.3 is 5.97 Å². The summed E-state index contributed by atoms with van der Waals surface area (Å²) in [6, 6.07) is 0. The van der Waals surface area contributed by atoms with Crippen molar-refractivity contribution in [3.63, 3.8) is 0 Å². The molecule has 7 heteroatoms. The van der Waals surface area contributed by atoms with Crippen LogP contribution >= 0.6 is 37.9 Å². The van der Waals surface area contributed by atoms with E-state index in [9.17, 15) is 9.59 Å². The zero-order chi connectivity index (χ0) is 20.2. The van der Waals surface area contributed by atoms with Crippen LogP contribution in [-0.4, -0.2) is 47.3 Å². The van der Waals surface area contributed by atoms with Gasteiger partial charge in [-0.05, 0) is 19.3 Å². The van der Waals surface area contributed by atoms with Gasteiger partial charge in [0.2, 0.25) is 0 Å².